The van der Waals surface area contributed by atoms with Gasteiger partial charge in [0.15, 0.2) is 5.82 Å². The number of aryl methyl sites for hydroxylation is 1. The van der Waals surface area contributed by atoms with Crippen LogP contribution in [-0.2, 0) is 11.2 Å². The SMILES string of the molecule is CCCCCCCCCCc1cnc(-c2ccc(OC(F)(F)C(F)(F)C(F)(F)C(F)(F)C(F)(F)OCCCC)cc2)nc1. The molecule has 1 aromatic heterocycles. The Morgan fingerprint density at radius 1 is 0.581 bits per heavy atom. The van der Waals surface area contributed by atoms with Crippen LogP contribution in [0.2, 0.25) is 0 Å². The molecule has 43 heavy (non-hydrogen) atoms. The van der Waals surface area contributed by atoms with Gasteiger partial charge in [0.25, 0.3) is 0 Å². The third-order valence-corrected chi connectivity index (χ3v) is 6.68. The average Bonchev–Trinajstić information content (AvgIpc) is 2.94. The van der Waals surface area contributed by atoms with Crippen LogP contribution in [0.3, 0.4) is 0 Å². The summed E-state index contributed by atoms with van der Waals surface area (Å²) in [5, 5.41) is 0. The van der Waals surface area contributed by atoms with E-state index >= 15 is 0 Å². The number of alkyl halides is 10. The summed E-state index contributed by atoms with van der Waals surface area (Å²) in [7, 11) is 0. The van der Waals surface area contributed by atoms with Crippen molar-refractivity contribution in [1.82, 2.24) is 9.97 Å². The lowest BCUT2D eigenvalue weighted by Crippen LogP contribution is -2.68. The number of hydrogen-bond acceptors (Lipinski definition) is 4. The molecule has 0 saturated carbocycles. The molecule has 1 aromatic carbocycles. The van der Waals surface area contributed by atoms with E-state index in [-0.39, 0.29) is 24.2 Å². The smallest absolute Gasteiger partial charge is 0.428 e. The number of hydrogen-bond donors (Lipinski definition) is 0. The molecular formula is C29H36F10N2O2. The van der Waals surface area contributed by atoms with Gasteiger partial charge in [-0.2, -0.15) is 43.9 Å². The van der Waals surface area contributed by atoms with Crippen molar-refractivity contribution in [2.75, 3.05) is 6.61 Å². The molecule has 0 amide bonds. The minimum absolute atomic E-state index is 0.107. The molecule has 0 aliphatic rings. The highest BCUT2D eigenvalue weighted by Crippen LogP contribution is 2.57. The van der Waals surface area contributed by atoms with Crippen LogP contribution in [-0.4, -0.2) is 46.6 Å². The molecule has 0 fully saturated rings. The molecule has 1 heterocycles. The summed E-state index contributed by atoms with van der Waals surface area (Å²) in [5.74, 6) is -22.4. The molecule has 244 valence electrons. The Balaban J connectivity index is 2.03. The topological polar surface area (TPSA) is 44.2 Å². The van der Waals surface area contributed by atoms with Crippen molar-refractivity contribution in [2.45, 2.75) is 114 Å². The van der Waals surface area contributed by atoms with Crippen molar-refractivity contribution in [2.24, 2.45) is 0 Å². The Kier molecular flexibility index (Phi) is 13.1. The molecule has 0 aliphatic carbocycles. The highest BCUT2D eigenvalue weighted by atomic mass is 19.4. The van der Waals surface area contributed by atoms with Crippen LogP contribution >= 0.6 is 0 Å². The predicted octanol–water partition coefficient (Wildman–Crippen LogP) is 10.1. The zero-order valence-electron chi connectivity index (χ0n) is 23.9. The molecule has 0 N–H and O–H groups in total. The first-order valence-electron chi connectivity index (χ1n) is 14.2. The minimum atomic E-state index is -7.29. The van der Waals surface area contributed by atoms with Gasteiger partial charge in [-0.3, -0.25) is 0 Å². The van der Waals surface area contributed by atoms with Crippen molar-refractivity contribution < 1.29 is 53.4 Å². The van der Waals surface area contributed by atoms with E-state index in [9.17, 15) is 43.9 Å². The fourth-order valence-electron chi connectivity index (χ4n) is 3.98. The molecule has 0 spiro atoms. The average molecular weight is 635 g/mol. The Bertz CT molecular complexity index is 1100. The molecule has 0 bridgehead atoms. The van der Waals surface area contributed by atoms with Gasteiger partial charge in [0.1, 0.15) is 5.75 Å². The molecule has 0 unspecified atom stereocenters. The maximum Gasteiger partial charge on any atom is 0.471 e. The standard InChI is InChI=1S/C29H36F10N2O2/c1-3-5-7-8-9-10-11-12-13-21-19-40-24(41-20-21)22-14-16-23(17-15-22)43-29(38,39)27(34,35)25(30,31)26(32,33)28(36,37)42-18-6-4-2/h14-17,19-20H,3-13,18H2,1-2H3. The van der Waals surface area contributed by atoms with Gasteiger partial charge in [-0.15, -0.1) is 0 Å². The molecule has 0 atom stereocenters. The van der Waals surface area contributed by atoms with E-state index in [0.29, 0.717) is 12.1 Å². The van der Waals surface area contributed by atoms with Crippen LogP contribution in [0.1, 0.15) is 83.6 Å². The summed E-state index contributed by atoms with van der Waals surface area (Å²) >= 11 is 0. The molecule has 14 heteroatoms. The number of benzene rings is 1. The van der Waals surface area contributed by atoms with E-state index < -0.39 is 42.3 Å². The first kappa shape index (κ1) is 36.6. The first-order valence-corrected chi connectivity index (χ1v) is 14.2. The van der Waals surface area contributed by atoms with Crippen molar-refractivity contribution >= 4 is 0 Å². The van der Waals surface area contributed by atoms with Crippen LogP contribution in [0.25, 0.3) is 11.4 Å². The lowest BCUT2D eigenvalue weighted by atomic mass is 10.0. The van der Waals surface area contributed by atoms with Gasteiger partial charge in [0.05, 0.1) is 6.61 Å². The van der Waals surface area contributed by atoms with E-state index in [1.807, 2.05) is 0 Å². The Labute approximate surface area is 244 Å². The lowest BCUT2D eigenvalue weighted by molar-refractivity contribution is -0.461. The fraction of sp³-hybridized carbons (Fsp3) is 0.655. The monoisotopic (exact) mass is 634 g/mol. The van der Waals surface area contributed by atoms with Crippen molar-refractivity contribution in [1.29, 1.82) is 0 Å². The Hall–Kier alpha value is -2.64. The Morgan fingerprint density at radius 3 is 1.60 bits per heavy atom. The summed E-state index contributed by atoms with van der Waals surface area (Å²) in [4.78, 5) is 8.33. The second-order valence-corrected chi connectivity index (χ2v) is 10.2. The molecule has 0 aliphatic heterocycles. The van der Waals surface area contributed by atoms with Gasteiger partial charge in [-0.25, -0.2) is 9.97 Å². The van der Waals surface area contributed by atoms with Crippen molar-refractivity contribution in [3.63, 3.8) is 0 Å². The van der Waals surface area contributed by atoms with Gasteiger partial charge in [-0.05, 0) is 49.1 Å². The van der Waals surface area contributed by atoms with Crippen LogP contribution in [0.5, 0.6) is 5.75 Å². The number of unbranched alkanes of at least 4 members (excludes halogenated alkanes) is 8. The van der Waals surface area contributed by atoms with Crippen LogP contribution in [0.4, 0.5) is 43.9 Å². The van der Waals surface area contributed by atoms with Crippen molar-refractivity contribution in [3.05, 3.63) is 42.2 Å². The summed E-state index contributed by atoms with van der Waals surface area (Å²) in [6.07, 6.45) is 0.318. The lowest BCUT2D eigenvalue weighted by Gasteiger charge is -2.38. The van der Waals surface area contributed by atoms with Crippen LogP contribution < -0.4 is 4.74 Å². The van der Waals surface area contributed by atoms with Gasteiger partial charge in [-0.1, -0.05) is 65.2 Å². The van der Waals surface area contributed by atoms with E-state index in [0.717, 1.165) is 43.4 Å². The second-order valence-electron chi connectivity index (χ2n) is 10.2. The molecule has 4 nitrogen and oxygen atoms in total. The normalized spacial score (nSPS) is 13.4. The third kappa shape index (κ3) is 8.95. The van der Waals surface area contributed by atoms with Gasteiger partial charge in [0.2, 0.25) is 0 Å². The number of halogens is 10. The molecule has 2 aromatic rings. The zero-order valence-corrected chi connectivity index (χ0v) is 23.9. The summed E-state index contributed by atoms with van der Waals surface area (Å²) in [6, 6.07) is 3.41. The van der Waals surface area contributed by atoms with Gasteiger partial charge < -0.3 is 9.47 Å². The van der Waals surface area contributed by atoms with E-state index in [2.05, 4.69) is 26.4 Å². The number of rotatable bonds is 20. The van der Waals surface area contributed by atoms with Crippen molar-refractivity contribution in [3.8, 4) is 17.1 Å². The fourth-order valence-corrected chi connectivity index (χ4v) is 3.98. The molecular weight excluding hydrogens is 598 g/mol. The maximum absolute atomic E-state index is 14.2. The largest absolute Gasteiger partial charge is 0.471 e. The Morgan fingerprint density at radius 2 is 1.07 bits per heavy atom. The van der Waals surface area contributed by atoms with E-state index in [1.54, 1.807) is 12.4 Å². The van der Waals surface area contributed by atoms with Gasteiger partial charge >= 0.3 is 30.0 Å². The predicted molar refractivity (Wildman–Crippen MR) is 140 cm³/mol. The second kappa shape index (κ2) is 15.4. The van der Waals surface area contributed by atoms with E-state index in [1.165, 1.54) is 39.0 Å². The minimum Gasteiger partial charge on any atom is -0.428 e. The number of nitrogens with zero attached hydrogens (tertiary/aromatic N) is 2. The van der Waals surface area contributed by atoms with Gasteiger partial charge in [0, 0.05) is 18.0 Å². The number of aromatic nitrogens is 2. The highest BCUT2D eigenvalue weighted by molar-refractivity contribution is 5.56. The maximum atomic E-state index is 14.2. The molecule has 0 radical (unpaired) electrons. The van der Waals surface area contributed by atoms with Crippen LogP contribution in [0.15, 0.2) is 36.7 Å². The third-order valence-electron chi connectivity index (χ3n) is 6.68. The first-order chi connectivity index (χ1) is 20.0. The summed E-state index contributed by atoms with van der Waals surface area (Å²) < 4.78 is 147. The zero-order chi connectivity index (χ0) is 32.4. The number of ether oxygens (including phenoxy) is 2. The summed E-state index contributed by atoms with van der Waals surface area (Å²) in [5.41, 5.74) is 1.07. The molecule has 0 saturated heterocycles. The molecule has 2 rings (SSSR count). The van der Waals surface area contributed by atoms with Crippen LogP contribution in [0, 0.1) is 0 Å². The quantitative estimate of drug-likeness (QED) is 0.107. The summed E-state index contributed by atoms with van der Waals surface area (Å²) in [6.45, 7) is 2.37. The van der Waals surface area contributed by atoms with E-state index in [4.69, 9.17) is 0 Å². The highest BCUT2D eigenvalue weighted by Gasteiger charge is 2.88.